The maximum absolute atomic E-state index is 4.81. The van der Waals surface area contributed by atoms with E-state index < -0.39 is 0 Å². The molecule has 3 aromatic rings. The minimum Gasteiger partial charge on any atom is -0.356 e. The third-order valence-electron chi connectivity index (χ3n) is 4.91. The predicted octanol–water partition coefficient (Wildman–Crippen LogP) is 3.27. The second-order valence-corrected chi connectivity index (χ2v) is 6.95. The van der Waals surface area contributed by atoms with Gasteiger partial charge in [0.15, 0.2) is 5.82 Å². The van der Waals surface area contributed by atoms with Crippen LogP contribution in [-0.2, 0) is 6.54 Å². The highest BCUT2D eigenvalue weighted by molar-refractivity contribution is 5.57. The number of benzene rings is 1. The first-order valence-electron chi connectivity index (χ1n) is 9.20. The molecule has 6 heteroatoms. The fourth-order valence-corrected chi connectivity index (χ4v) is 3.65. The number of piperidine rings is 1. The van der Waals surface area contributed by atoms with E-state index in [1.807, 2.05) is 61.1 Å². The lowest BCUT2D eigenvalue weighted by molar-refractivity contribution is 0.346. The quantitative estimate of drug-likeness (QED) is 0.724. The van der Waals surface area contributed by atoms with Crippen LogP contribution in [0.3, 0.4) is 0 Å². The van der Waals surface area contributed by atoms with Crippen LogP contribution >= 0.6 is 0 Å². The molecule has 0 unspecified atom stereocenters. The maximum atomic E-state index is 4.81. The topological polar surface area (TPSA) is 59.7 Å². The van der Waals surface area contributed by atoms with Crippen molar-refractivity contribution in [2.75, 3.05) is 18.0 Å². The molecule has 1 aliphatic heterocycles. The Kier molecular flexibility index (Phi) is 4.65. The molecule has 0 spiro atoms. The van der Waals surface area contributed by atoms with E-state index in [2.05, 4.69) is 20.0 Å². The van der Waals surface area contributed by atoms with E-state index in [-0.39, 0.29) is 0 Å². The Balaban J connectivity index is 1.50. The average molecular weight is 348 g/mol. The molecule has 0 amide bonds. The fourth-order valence-electron chi connectivity index (χ4n) is 3.65. The van der Waals surface area contributed by atoms with E-state index in [1.54, 1.807) is 0 Å². The standard InChI is InChI=1S/C20H24N6/c1-15-22-16(2)26(24-15)14-17-7-6-12-25(13-17)19-10-11-21-20(23-19)18-8-4-3-5-9-18/h3-5,8-11,17H,6-7,12-14H2,1-2H3/t17-/m0/s1. The van der Waals surface area contributed by atoms with Crippen molar-refractivity contribution in [1.29, 1.82) is 0 Å². The smallest absolute Gasteiger partial charge is 0.161 e. The Hall–Kier alpha value is -2.76. The Morgan fingerprint density at radius 1 is 1.08 bits per heavy atom. The summed E-state index contributed by atoms with van der Waals surface area (Å²) >= 11 is 0. The normalized spacial score (nSPS) is 17.5. The highest BCUT2D eigenvalue weighted by atomic mass is 15.3. The number of aromatic nitrogens is 5. The summed E-state index contributed by atoms with van der Waals surface area (Å²) < 4.78 is 2.04. The van der Waals surface area contributed by atoms with E-state index >= 15 is 0 Å². The molecule has 1 atom stereocenters. The lowest BCUT2D eigenvalue weighted by Crippen LogP contribution is -2.38. The van der Waals surface area contributed by atoms with Gasteiger partial charge in [-0.1, -0.05) is 30.3 Å². The van der Waals surface area contributed by atoms with Gasteiger partial charge in [-0.15, -0.1) is 0 Å². The van der Waals surface area contributed by atoms with E-state index in [1.165, 1.54) is 12.8 Å². The van der Waals surface area contributed by atoms with E-state index in [0.29, 0.717) is 5.92 Å². The van der Waals surface area contributed by atoms with Gasteiger partial charge in [-0.25, -0.2) is 19.6 Å². The molecule has 1 fully saturated rings. The summed E-state index contributed by atoms with van der Waals surface area (Å²) in [7, 11) is 0. The van der Waals surface area contributed by atoms with Crippen molar-refractivity contribution in [3.63, 3.8) is 0 Å². The Bertz CT molecular complexity index is 873. The van der Waals surface area contributed by atoms with Crippen molar-refractivity contribution in [3.05, 3.63) is 54.2 Å². The third-order valence-corrected chi connectivity index (χ3v) is 4.91. The van der Waals surface area contributed by atoms with Gasteiger partial charge in [0, 0.05) is 31.4 Å². The molecule has 26 heavy (non-hydrogen) atoms. The Labute approximate surface area is 153 Å². The largest absolute Gasteiger partial charge is 0.356 e. The zero-order chi connectivity index (χ0) is 17.9. The highest BCUT2D eigenvalue weighted by Crippen LogP contribution is 2.24. The van der Waals surface area contributed by atoms with Crippen LogP contribution in [0.15, 0.2) is 42.6 Å². The van der Waals surface area contributed by atoms with E-state index in [0.717, 1.165) is 48.5 Å². The number of hydrogen-bond acceptors (Lipinski definition) is 5. The second kappa shape index (κ2) is 7.23. The van der Waals surface area contributed by atoms with Crippen LogP contribution < -0.4 is 4.90 Å². The minimum absolute atomic E-state index is 0.554. The highest BCUT2D eigenvalue weighted by Gasteiger charge is 2.22. The summed E-state index contributed by atoms with van der Waals surface area (Å²) in [5.41, 5.74) is 1.05. The molecular formula is C20H24N6. The number of aryl methyl sites for hydroxylation is 2. The minimum atomic E-state index is 0.554. The molecule has 6 nitrogen and oxygen atoms in total. The summed E-state index contributed by atoms with van der Waals surface area (Å²) in [6.07, 6.45) is 4.24. The monoisotopic (exact) mass is 348 g/mol. The molecule has 1 aliphatic rings. The van der Waals surface area contributed by atoms with Crippen LogP contribution in [0.2, 0.25) is 0 Å². The van der Waals surface area contributed by atoms with Gasteiger partial charge in [-0.05, 0) is 38.7 Å². The van der Waals surface area contributed by atoms with Crippen molar-refractivity contribution in [2.45, 2.75) is 33.2 Å². The first-order chi connectivity index (χ1) is 12.7. The second-order valence-electron chi connectivity index (χ2n) is 6.95. The van der Waals surface area contributed by atoms with Gasteiger partial charge in [-0.2, -0.15) is 5.10 Å². The number of anilines is 1. The van der Waals surface area contributed by atoms with Gasteiger partial charge in [-0.3, -0.25) is 0 Å². The van der Waals surface area contributed by atoms with Crippen molar-refractivity contribution in [1.82, 2.24) is 24.7 Å². The summed E-state index contributed by atoms with van der Waals surface area (Å²) in [6, 6.07) is 12.2. The third kappa shape index (κ3) is 3.59. The van der Waals surface area contributed by atoms with Crippen LogP contribution in [0.5, 0.6) is 0 Å². The molecule has 4 rings (SSSR count). The predicted molar refractivity (Wildman–Crippen MR) is 102 cm³/mol. The molecule has 3 heterocycles. The van der Waals surface area contributed by atoms with Crippen molar-refractivity contribution in [3.8, 4) is 11.4 Å². The lowest BCUT2D eigenvalue weighted by atomic mass is 9.98. The summed E-state index contributed by atoms with van der Waals surface area (Å²) in [4.78, 5) is 16.0. The van der Waals surface area contributed by atoms with Crippen LogP contribution in [-0.4, -0.2) is 37.8 Å². The molecule has 0 radical (unpaired) electrons. The Morgan fingerprint density at radius 3 is 2.69 bits per heavy atom. The molecular weight excluding hydrogens is 324 g/mol. The Morgan fingerprint density at radius 2 is 1.92 bits per heavy atom. The van der Waals surface area contributed by atoms with E-state index in [4.69, 9.17) is 4.98 Å². The van der Waals surface area contributed by atoms with Gasteiger partial charge < -0.3 is 4.90 Å². The van der Waals surface area contributed by atoms with Crippen molar-refractivity contribution in [2.24, 2.45) is 5.92 Å². The maximum Gasteiger partial charge on any atom is 0.161 e. The average Bonchev–Trinajstić information content (AvgIpc) is 3.00. The van der Waals surface area contributed by atoms with Crippen molar-refractivity contribution >= 4 is 5.82 Å². The van der Waals surface area contributed by atoms with Crippen LogP contribution in [0.1, 0.15) is 24.5 Å². The molecule has 0 saturated carbocycles. The number of rotatable bonds is 4. The molecule has 0 bridgehead atoms. The lowest BCUT2D eigenvalue weighted by Gasteiger charge is -2.33. The first-order valence-corrected chi connectivity index (χ1v) is 9.20. The fraction of sp³-hybridized carbons (Fsp3) is 0.400. The van der Waals surface area contributed by atoms with Gasteiger partial charge in [0.05, 0.1) is 0 Å². The first kappa shape index (κ1) is 16.7. The molecule has 134 valence electrons. The zero-order valence-corrected chi connectivity index (χ0v) is 15.3. The van der Waals surface area contributed by atoms with Gasteiger partial charge in [0.1, 0.15) is 17.5 Å². The summed E-state index contributed by atoms with van der Waals surface area (Å²) in [5.74, 6) is 4.19. The molecule has 1 aromatic carbocycles. The number of nitrogens with zero attached hydrogens (tertiary/aromatic N) is 6. The van der Waals surface area contributed by atoms with Crippen molar-refractivity contribution < 1.29 is 0 Å². The molecule has 2 aromatic heterocycles. The zero-order valence-electron chi connectivity index (χ0n) is 15.3. The SMILES string of the molecule is Cc1nc(C)n(C[C@H]2CCCN(c3ccnc(-c4ccccc4)n3)C2)n1. The van der Waals surface area contributed by atoms with Gasteiger partial charge in [0.2, 0.25) is 0 Å². The van der Waals surface area contributed by atoms with Crippen LogP contribution in [0.25, 0.3) is 11.4 Å². The summed E-state index contributed by atoms with van der Waals surface area (Å²) in [5, 5.41) is 4.52. The van der Waals surface area contributed by atoms with Gasteiger partial charge in [0.25, 0.3) is 0 Å². The molecule has 0 aliphatic carbocycles. The van der Waals surface area contributed by atoms with Crippen LogP contribution in [0, 0.1) is 19.8 Å². The molecule has 0 N–H and O–H groups in total. The van der Waals surface area contributed by atoms with Crippen LogP contribution in [0.4, 0.5) is 5.82 Å². The van der Waals surface area contributed by atoms with E-state index in [9.17, 15) is 0 Å². The summed E-state index contributed by atoms with van der Waals surface area (Å²) in [6.45, 7) is 6.92. The van der Waals surface area contributed by atoms with Gasteiger partial charge >= 0.3 is 0 Å². The molecule has 1 saturated heterocycles. The number of hydrogen-bond donors (Lipinski definition) is 0.